The van der Waals surface area contributed by atoms with Crippen LogP contribution < -0.4 is 4.74 Å². The maximum Gasteiger partial charge on any atom is 0.125 e. The van der Waals surface area contributed by atoms with Crippen molar-refractivity contribution in [3.63, 3.8) is 0 Å². The molecule has 0 aliphatic carbocycles. The summed E-state index contributed by atoms with van der Waals surface area (Å²) in [6.45, 7) is 8.77. The van der Waals surface area contributed by atoms with Gasteiger partial charge in [-0.2, -0.15) is 0 Å². The van der Waals surface area contributed by atoms with Crippen LogP contribution in [-0.4, -0.2) is 49.3 Å². The molecule has 2 aromatic carbocycles. The zero-order valence-corrected chi connectivity index (χ0v) is 16.8. The second kappa shape index (κ2) is 8.15. The van der Waals surface area contributed by atoms with Gasteiger partial charge in [-0.25, -0.2) is 0 Å². The number of hydrogen-bond donors (Lipinski definition) is 1. The molecule has 0 radical (unpaired) electrons. The van der Waals surface area contributed by atoms with Gasteiger partial charge in [0.1, 0.15) is 30.2 Å². The number of rotatable bonds is 6. The van der Waals surface area contributed by atoms with Gasteiger partial charge in [-0.1, -0.05) is 24.3 Å². The fourth-order valence-corrected chi connectivity index (χ4v) is 3.50. The molecule has 1 heterocycles. The summed E-state index contributed by atoms with van der Waals surface area (Å²) in [6, 6.07) is 12.1. The van der Waals surface area contributed by atoms with Crippen molar-refractivity contribution in [1.29, 1.82) is 0 Å². The molecule has 0 bridgehead atoms. The molecule has 1 aliphatic rings. The van der Waals surface area contributed by atoms with Crippen LogP contribution in [0.25, 0.3) is 10.8 Å². The van der Waals surface area contributed by atoms with E-state index in [1.54, 1.807) is 7.11 Å². The van der Waals surface area contributed by atoms with E-state index < -0.39 is 18.3 Å². The van der Waals surface area contributed by atoms with E-state index in [4.69, 9.17) is 18.9 Å². The van der Waals surface area contributed by atoms with Gasteiger partial charge >= 0.3 is 0 Å². The van der Waals surface area contributed by atoms with Crippen molar-refractivity contribution in [2.45, 2.75) is 57.7 Å². The van der Waals surface area contributed by atoms with E-state index in [1.165, 1.54) is 0 Å². The second-order valence-electron chi connectivity index (χ2n) is 7.87. The molecule has 2 aromatic rings. The van der Waals surface area contributed by atoms with Crippen LogP contribution in [0.5, 0.6) is 5.75 Å². The number of ether oxygens (including phenoxy) is 4. The van der Waals surface area contributed by atoms with Crippen LogP contribution in [0.1, 0.15) is 39.4 Å². The van der Waals surface area contributed by atoms with Gasteiger partial charge in [0.25, 0.3) is 0 Å². The molecule has 4 atom stereocenters. The lowest BCUT2D eigenvalue weighted by Gasteiger charge is -2.25. The molecule has 0 saturated carbocycles. The second-order valence-corrected chi connectivity index (χ2v) is 7.87. The van der Waals surface area contributed by atoms with Crippen LogP contribution in [-0.2, 0) is 14.2 Å². The van der Waals surface area contributed by atoms with Crippen LogP contribution in [0.3, 0.4) is 0 Å². The average Bonchev–Trinajstić information content (AvgIpc) is 2.94. The van der Waals surface area contributed by atoms with Gasteiger partial charge < -0.3 is 24.1 Å². The molecule has 27 heavy (non-hydrogen) atoms. The Bertz CT molecular complexity index is 767. The van der Waals surface area contributed by atoms with E-state index >= 15 is 0 Å². The van der Waals surface area contributed by atoms with Gasteiger partial charge in [-0.3, -0.25) is 0 Å². The van der Waals surface area contributed by atoms with Crippen molar-refractivity contribution in [2.24, 2.45) is 0 Å². The highest BCUT2D eigenvalue weighted by atomic mass is 16.6. The molecule has 1 saturated heterocycles. The molecule has 1 N–H and O–H groups in total. The van der Waals surface area contributed by atoms with Crippen LogP contribution in [0, 0.1) is 0 Å². The van der Waals surface area contributed by atoms with E-state index in [0.717, 1.165) is 16.3 Å². The Morgan fingerprint density at radius 2 is 1.78 bits per heavy atom. The maximum atomic E-state index is 11.0. The van der Waals surface area contributed by atoms with Crippen molar-refractivity contribution >= 4 is 10.8 Å². The van der Waals surface area contributed by atoms with Crippen molar-refractivity contribution < 1.29 is 24.1 Å². The van der Waals surface area contributed by atoms with Crippen molar-refractivity contribution in [3.05, 3.63) is 42.0 Å². The van der Waals surface area contributed by atoms with Gasteiger partial charge in [0.05, 0.1) is 19.3 Å². The Balaban J connectivity index is 1.92. The van der Waals surface area contributed by atoms with Gasteiger partial charge in [-0.05, 0) is 50.6 Å². The summed E-state index contributed by atoms with van der Waals surface area (Å²) in [5, 5.41) is 13.1. The minimum Gasteiger partial charge on any atom is -0.496 e. The van der Waals surface area contributed by atoms with Crippen LogP contribution in [0.15, 0.2) is 36.4 Å². The summed E-state index contributed by atoms with van der Waals surface area (Å²) in [6.07, 6.45) is -2.12. The molecule has 148 valence electrons. The Kier molecular flexibility index (Phi) is 6.06. The monoisotopic (exact) mass is 374 g/mol. The molecule has 1 aliphatic heterocycles. The van der Waals surface area contributed by atoms with Crippen LogP contribution in [0.4, 0.5) is 0 Å². The third-order valence-corrected chi connectivity index (χ3v) is 4.78. The van der Waals surface area contributed by atoms with Crippen molar-refractivity contribution in [1.82, 2.24) is 0 Å². The molecule has 3 rings (SSSR count). The van der Waals surface area contributed by atoms with Gasteiger partial charge in [0, 0.05) is 12.2 Å². The summed E-state index contributed by atoms with van der Waals surface area (Å²) in [7, 11) is 1.63. The van der Waals surface area contributed by atoms with E-state index in [2.05, 4.69) is 0 Å². The lowest BCUT2D eigenvalue weighted by molar-refractivity contribution is -0.100. The highest BCUT2D eigenvalue weighted by Gasteiger charge is 2.46. The van der Waals surface area contributed by atoms with Gasteiger partial charge in [0.15, 0.2) is 0 Å². The molecule has 1 fully saturated rings. The molecule has 0 spiro atoms. The zero-order valence-electron chi connectivity index (χ0n) is 16.8. The quantitative estimate of drug-likeness (QED) is 0.832. The molecule has 2 unspecified atom stereocenters. The van der Waals surface area contributed by atoms with Crippen LogP contribution in [0.2, 0.25) is 0 Å². The predicted molar refractivity (Wildman–Crippen MR) is 105 cm³/mol. The lowest BCUT2D eigenvalue weighted by Crippen LogP contribution is -2.38. The first-order valence-electron chi connectivity index (χ1n) is 9.50. The van der Waals surface area contributed by atoms with Gasteiger partial charge in [0.2, 0.25) is 0 Å². The number of methoxy groups -OCH3 is 1. The minimum absolute atomic E-state index is 0.288. The number of aliphatic hydroxyl groups is 1. The Hall–Kier alpha value is -1.66. The lowest BCUT2D eigenvalue weighted by atomic mass is 9.97. The highest BCUT2D eigenvalue weighted by Crippen LogP contribution is 2.41. The number of hydrogen-bond acceptors (Lipinski definition) is 5. The molecular weight excluding hydrogens is 344 g/mol. The zero-order chi connectivity index (χ0) is 19.6. The summed E-state index contributed by atoms with van der Waals surface area (Å²) in [5.74, 6) is 0.699. The third-order valence-electron chi connectivity index (χ3n) is 4.78. The average molecular weight is 374 g/mol. The largest absolute Gasteiger partial charge is 0.496 e. The van der Waals surface area contributed by atoms with E-state index in [1.807, 2.05) is 64.1 Å². The predicted octanol–water partition coefficient (Wildman–Crippen LogP) is 3.87. The highest BCUT2D eigenvalue weighted by molar-refractivity contribution is 5.85. The number of benzene rings is 2. The first kappa shape index (κ1) is 20.1. The first-order chi connectivity index (χ1) is 12.8. The molecule has 5 nitrogen and oxygen atoms in total. The Morgan fingerprint density at radius 1 is 1.11 bits per heavy atom. The van der Waals surface area contributed by atoms with Gasteiger partial charge in [-0.15, -0.1) is 0 Å². The normalized spacial score (nSPS) is 25.9. The first-order valence-corrected chi connectivity index (χ1v) is 9.50. The Morgan fingerprint density at radius 3 is 2.37 bits per heavy atom. The number of fused-ring (bicyclic) bond motifs is 1. The van der Waals surface area contributed by atoms with E-state index in [9.17, 15) is 5.11 Å². The summed E-state index contributed by atoms with van der Waals surface area (Å²) >= 11 is 0. The maximum absolute atomic E-state index is 11.0. The van der Waals surface area contributed by atoms with Crippen LogP contribution >= 0.6 is 0 Å². The smallest absolute Gasteiger partial charge is 0.125 e. The van der Waals surface area contributed by atoms with E-state index in [0.29, 0.717) is 19.0 Å². The van der Waals surface area contributed by atoms with E-state index in [-0.39, 0.29) is 11.7 Å². The topological polar surface area (TPSA) is 57.2 Å². The summed E-state index contributed by atoms with van der Waals surface area (Å²) < 4.78 is 23.5. The fourth-order valence-electron chi connectivity index (χ4n) is 3.50. The minimum atomic E-state index is -0.798. The molecule has 5 heteroatoms. The summed E-state index contributed by atoms with van der Waals surface area (Å²) in [5.41, 5.74) is 0.538. The molecule has 0 amide bonds. The Labute approximate surface area is 161 Å². The fraction of sp³-hybridized carbons (Fsp3) is 0.545. The SMILES string of the molecule is CCOC1C(O)[C@H](c2cc3ccccc3cc2OC)O[C@@H]1COC(C)(C)C. The number of aliphatic hydroxyl groups excluding tert-OH is 1. The third kappa shape index (κ3) is 4.43. The standard InChI is InChI=1S/C22H30O5/c1-6-25-21-18(13-26-22(2,3)4)27-20(19(21)23)16-11-14-9-7-8-10-15(14)12-17(16)24-5/h7-12,18-21,23H,6,13H2,1-5H3/t18-,19?,20+,21?/m1/s1. The molecule has 0 aromatic heterocycles. The van der Waals surface area contributed by atoms with Crippen molar-refractivity contribution in [3.8, 4) is 5.75 Å². The van der Waals surface area contributed by atoms with Crippen molar-refractivity contribution in [2.75, 3.05) is 20.3 Å². The molecular formula is C22H30O5. The summed E-state index contributed by atoms with van der Waals surface area (Å²) in [4.78, 5) is 0.